The van der Waals surface area contributed by atoms with Crippen molar-refractivity contribution in [1.29, 1.82) is 0 Å². The zero-order valence-corrected chi connectivity index (χ0v) is 9.44. The first-order valence-corrected chi connectivity index (χ1v) is 5.70. The number of carbonyl (C=O) groups is 1. The van der Waals surface area contributed by atoms with Gasteiger partial charge in [-0.15, -0.1) is 0 Å². The summed E-state index contributed by atoms with van der Waals surface area (Å²) < 4.78 is 0. The Labute approximate surface area is 95.3 Å². The van der Waals surface area contributed by atoms with E-state index in [-0.39, 0.29) is 11.8 Å². The molecule has 4 nitrogen and oxygen atoms in total. The molecule has 0 aliphatic heterocycles. The molecule has 1 aliphatic carbocycles. The molecule has 86 valence electrons. The van der Waals surface area contributed by atoms with E-state index < -0.39 is 0 Å². The molecule has 2 atom stereocenters. The van der Waals surface area contributed by atoms with Crippen LogP contribution in [0.3, 0.4) is 0 Å². The van der Waals surface area contributed by atoms with Crippen LogP contribution in [0.4, 0.5) is 11.5 Å². The van der Waals surface area contributed by atoms with Gasteiger partial charge in [-0.3, -0.25) is 4.79 Å². The lowest BCUT2D eigenvalue weighted by Gasteiger charge is -2.15. The number of nitrogen functional groups attached to an aromatic ring is 1. The summed E-state index contributed by atoms with van der Waals surface area (Å²) in [4.78, 5) is 16.0. The number of rotatable bonds is 2. The van der Waals surface area contributed by atoms with Crippen molar-refractivity contribution in [3.8, 4) is 0 Å². The van der Waals surface area contributed by atoms with Crippen molar-refractivity contribution in [2.24, 2.45) is 11.8 Å². The molecule has 0 radical (unpaired) electrons. The van der Waals surface area contributed by atoms with Crippen LogP contribution in [0.25, 0.3) is 0 Å². The molecule has 2 unspecified atom stereocenters. The number of amides is 1. The first kappa shape index (κ1) is 10.9. The van der Waals surface area contributed by atoms with Crippen LogP contribution in [-0.4, -0.2) is 10.9 Å². The van der Waals surface area contributed by atoms with Crippen molar-refractivity contribution < 1.29 is 4.79 Å². The van der Waals surface area contributed by atoms with Gasteiger partial charge in [-0.1, -0.05) is 13.3 Å². The predicted molar refractivity (Wildman–Crippen MR) is 63.8 cm³/mol. The van der Waals surface area contributed by atoms with Crippen LogP contribution in [0.15, 0.2) is 18.3 Å². The fraction of sp³-hybridized carbons (Fsp3) is 0.500. The molecule has 2 rings (SSSR count). The quantitative estimate of drug-likeness (QED) is 0.799. The summed E-state index contributed by atoms with van der Waals surface area (Å²) >= 11 is 0. The van der Waals surface area contributed by atoms with Gasteiger partial charge in [0.15, 0.2) is 5.82 Å². The lowest BCUT2D eigenvalue weighted by molar-refractivity contribution is -0.120. The fourth-order valence-corrected chi connectivity index (χ4v) is 2.27. The zero-order chi connectivity index (χ0) is 11.5. The number of pyridine rings is 1. The first-order chi connectivity index (χ1) is 7.68. The monoisotopic (exact) mass is 219 g/mol. The van der Waals surface area contributed by atoms with Crippen LogP contribution in [0, 0.1) is 11.8 Å². The number of nitrogens with two attached hydrogens (primary N) is 1. The molecule has 16 heavy (non-hydrogen) atoms. The van der Waals surface area contributed by atoms with Gasteiger partial charge in [-0.25, -0.2) is 4.98 Å². The Hall–Kier alpha value is -1.58. The molecule has 0 spiro atoms. The maximum Gasteiger partial charge on any atom is 0.228 e. The molecular weight excluding hydrogens is 202 g/mol. The summed E-state index contributed by atoms with van der Waals surface area (Å²) in [5.41, 5.74) is 6.24. The van der Waals surface area contributed by atoms with Crippen molar-refractivity contribution in [1.82, 2.24) is 4.98 Å². The summed E-state index contributed by atoms with van der Waals surface area (Å²) in [5, 5.41) is 2.81. The molecule has 3 N–H and O–H groups in total. The Balaban J connectivity index is 2.05. The third kappa shape index (κ3) is 2.15. The molecule has 1 aromatic rings. The van der Waals surface area contributed by atoms with E-state index in [0.717, 1.165) is 19.3 Å². The van der Waals surface area contributed by atoms with E-state index in [1.165, 1.54) is 0 Å². The maximum absolute atomic E-state index is 12.0. The van der Waals surface area contributed by atoms with Gasteiger partial charge < -0.3 is 11.1 Å². The minimum absolute atomic E-state index is 0.0513. The fourth-order valence-electron chi connectivity index (χ4n) is 2.27. The summed E-state index contributed by atoms with van der Waals surface area (Å²) in [7, 11) is 0. The number of nitrogens with zero attached hydrogens (tertiary/aromatic N) is 1. The minimum atomic E-state index is 0.0513. The van der Waals surface area contributed by atoms with Crippen molar-refractivity contribution in [2.75, 3.05) is 11.1 Å². The lowest BCUT2D eigenvalue weighted by atomic mass is 9.97. The van der Waals surface area contributed by atoms with Crippen molar-refractivity contribution >= 4 is 17.4 Å². The number of aromatic nitrogens is 1. The Morgan fingerprint density at radius 1 is 1.56 bits per heavy atom. The number of carbonyl (C=O) groups excluding carboxylic acids is 1. The van der Waals surface area contributed by atoms with E-state index in [4.69, 9.17) is 5.73 Å². The molecule has 4 heteroatoms. The highest BCUT2D eigenvalue weighted by atomic mass is 16.2. The third-order valence-corrected chi connectivity index (χ3v) is 3.28. The number of nitrogens with one attached hydrogen (secondary N) is 1. The molecule has 1 aliphatic rings. The molecule has 1 aromatic heterocycles. The van der Waals surface area contributed by atoms with E-state index in [2.05, 4.69) is 17.2 Å². The highest BCUT2D eigenvalue weighted by molar-refractivity contribution is 5.94. The van der Waals surface area contributed by atoms with Crippen molar-refractivity contribution in [2.45, 2.75) is 26.2 Å². The number of hydrogen-bond acceptors (Lipinski definition) is 3. The number of hydrogen-bond donors (Lipinski definition) is 2. The van der Waals surface area contributed by atoms with Gasteiger partial charge in [0.25, 0.3) is 0 Å². The van der Waals surface area contributed by atoms with Gasteiger partial charge in [-0.2, -0.15) is 0 Å². The lowest BCUT2D eigenvalue weighted by Crippen LogP contribution is -2.25. The van der Waals surface area contributed by atoms with Crippen molar-refractivity contribution in [3.63, 3.8) is 0 Å². The average molecular weight is 219 g/mol. The largest absolute Gasteiger partial charge is 0.396 e. The van der Waals surface area contributed by atoms with Gasteiger partial charge in [0, 0.05) is 12.1 Å². The Morgan fingerprint density at radius 3 is 3.00 bits per heavy atom. The Kier molecular flexibility index (Phi) is 3.08. The molecular formula is C12H17N3O. The number of anilines is 2. The normalized spacial score (nSPS) is 24.3. The Bertz CT molecular complexity index is 392. The van der Waals surface area contributed by atoms with Gasteiger partial charge >= 0.3 is 0 Å². The summed E-state index contributed by atoms with van der Waals surface area (Å²) in [6, 6.07) is 3.49. The average Bonchev–Trinajstić information content (AvgIpc) is 2.68. The SMILES string of the molecule is CC1CCCC1C(=O)Nc1ncccc1N. The Morgan fingerprint density at radius 2 is 2.38 bits per heavy atom. The molecule has 0 saturated heterocycles. The van der Waals surface area contributed by atoms with E-state index >= 15 is 0 Å². The van der Waals surface area contributed by atoms with E-state index in [1.54, 1.807) is 18.3 Å². The second-order valence-electron chi connectivity index (χ2n) is 4.45. The molecule has 0 bridgehead atoms. The summed E-state index contributed by atoms with van der Waals surface area (Å²) in [6.07, 6.45) is 4.87. The molecule has 0 aromatic carbocycles. The van der Waals surface area contributed by atoms with Crippen LogP contribution in [0.5, 0.6) is 0 Å². The molecule has 1 amide bonds. The molecule has 1 fully saturated rings. The topological polar surface area (TPSA) is 68.0 Å². The molecule has 1 saturated carbocycles. The smallest absolute Gasteiger partial charge is 0.228 e. The predicted octanol–water partition coefficient (Wildman–Crippen LogP) is 2.04. The van der Waals surface area contributed by atoms with Gasteiger partial charge in [-0.05, 0) is 30.9 Å². The van der Waals surface area contributed by atoms with Crippen LogP contribution in [-0.2, 0) is 4.79 Å². The third-order valence-electron chi connectivity index (χ3n) is 3.28. The van der Waals surface area contributed by atoms with Crippen LogP contribution >= 0.6 is 0 Å². The van der Waals surface area contributed by atoms with Gasteiger partial charge in [0.2, 0.25) is 5.91 Å². The van der Waals surface area contributed by atoms with Crippen LogP contribution in [0.2, 0.25) is 0 Å². The highest BCUT2D eigenvalue weighted by Gasteiger charge is 2.29. The second kappa shape index (κ2) is 4.51. The van der Waals surface area contributed by atoms with E-state index in [9.17, 15) is 4.79 Å². The van der Waals surface area contributed by atoms with E-state index in [1.807, 2.05) is 0 Å². The van der Waals surface area contributed by atoms with E-state index in [0.29, 0.717) is 17.4 Å². The highest BCUT2D eigenvalue weighted by Crippen LogP contribution is 2.32. The van der Waals surface area contributed by atoms with Crippen molar-refractivity contribution in [3.05, 3.63) is 18.3 Å². The van der Waals surface area contributed by atoms with Gasteiger partial charge in [0.1, 0.15) is 0 Å². The zero-order valence-electron chi connectivity index (χ0n) is 9.44. The summed E-state index contributed by atoms with van der Waals surface area (Å²) in [6.45, 7) is 2.12. The summed E-state index contributed by atoms with van der Waals surface area (Å²) in [5.74, 6) is 1.10. The minimum Gasteiger partial charge on any atom is -0.396 e. The second-order valence-corrected chi connectivity index (χ2v) is 4.45. The maximum atomic E-state index is 12.0. The van der Waals surface area contributed by atoms with Crippen LogP contribution in [0.1, 0.15) is 26.2 Å². The molecule has 1 heterocycles. The van der Waals surface area contributed by atoms with Crippen LogP contribution < -0.4 is 11.1 Å². The standard InChI is InChI=1S/C12H17N3O/c1-8-4-2-5-9(8)12(16)15-11-10(13)6-3-7-14-11/h3,6-9H,2,4-5,13H2,1H3,(H,14,15,16). The van der Waals surface area contributed by atoms with Gasteiger partial charge in [0.05, 0.1) is 5.69 Å². The first-order valence-electron chi connectivity index (χ1n) is 5.70.